The van der Waals surface area contributed by atoms with Crippen LogP contribution < -0.4 is 26.6 Å². The number of ether oxygens (including phenoxy) is 15. The number of unbranched alkanes of at least 4 members (excludes halogenated alkanes) is 1. The van der Waals surface area contributed by atoms with Gasteiger partial charge in [-0.3, -0.25) is 33.6 Å². The number of alkyl halides is 1. The van der Waals surface area contributed by atoms with Gasteiger partial charge in [0.1, 0.15) is 24.7 Å². The van der Waals surface area contributed by atoms with Gasteiger partial charge >= 0.3 is 0 Å². The molecule has 8 N–H and O–H groups in total. The number of carbonyl (C=O) groups is 7. The van der Waals surface area contributed by atoms with E-state index in [1.807, 2.05) is 36.0 Å². The van der Waals surface area contributed by atoms with E-state index in [4.69, 9.17) is 71.1 Å². The van der Waals surface area contributed by atoms with Crippen LogP contribution in [0.4, 0.5) is 5.69 Å². The molecule has 4 aliphatic carbocycles. The van der Waals surface area contributed by atoms with E-state index in [0.717, 1.165) is 17.6 Å². The number of rotatable bonds is 58. The fraction of sp³-hybridized carbons (Fsp3) is 0.724. The van der Waals surface area contributed by atoms with Gasteiger partial charge in [-0.15, -0.1) is 0 Å². The number of fused-ring (bicyclic) bond motifs is 7. The number of aliphatic hydroxyl groups is 3. The third kappa shape index (κ3) is 27.4. The molecule has 0 unspecified atom stereocenters. The molecular formula is C76H117BrN6O25. The van der Waals surface area contributed by atoms with Crippen molar-refractivity contribution in [2.45, 2.75) is 134 Å². The van der Waals surface area contributed by atoms with Gasteiger partial charge in [-0.1, -0.05) is 47.5 Å². The zero-order valence-corrected chi connectivity index (χ0v) is 65.0. The van der Waals surface area contributed by atoms with Gasteiger partial charge in [0, 0.05) is 72.6 Å². The number of nitrogens with one attached hydrogen (secondary N) is 5. The molecule has 608 valence electrons. The molecule has 3 saturated carbocycles. The Labute approximate surface area is 641 Å². The second-order valence-electron chi connectivity index (χ2n) is 27.7. The zero-order chi connectivity index (χ0) is 77.6. The Hall–Kier alpha value is -5.57. The molecule has 108 heavy (non-hydrogen) atoms. The van der Waals surface area contributed by atoms with E-state index in [2.05, 4.69) is 49.4 Å². The minimum Gasteiger partial charge on any atom is -0.393 e. The third-order valence-electron chi connectivity index (χ3n) is 20.3. The molecule has 1 aliphatic heterocycles. The summed E-state index contributed by atoms with van der Waals surface area (Å²) in [7, 11) is 1.63. The van der Waals surface area contributed by atoms with E-state index in [1.54, 1.807) is 37.5 Å². The highest BCUT2D eigenvalue weighted by molar-refractivity contribution is 9.09. The molecule has 32 heteroatoms. The summed E-state index contributed by atoms with van der Waals surface area (Å²) in [5, 5.41) is 46.4. The molecule has 31 nitrogen and oxygen atoms in total. The van der Waals surface area contributed by atoms with Crippen LogP contribution in [-0.2, 0) is 118 Å². The van der Waals surface area contributed by atoms with Crippen LogP contribution in [0.5, 0.6) is 0 Å². The number of nitrogens with zero attached hydrogens (tertiary/aromatic N) is 1. The third-order valence-corrected chi connectivity index (χ3v) is 20.8. The van der Waals surface area contributed by atoms with Crippen molar-refractivity contribution in [1.29, 1.82) is 0 Å². The summed E-state index contributed by atoms with van der Waals surface area (Å²) < 4.78 is 86.1. The van der Waals surface area contributed by atoms with E-state index < -0.39 is 95.7 Å². The van der Waals surface area contributed by atoms with Gasteiger partial charge < -0.3 is 118 Å². The van der Waals surface area contributed by atoms with Gasteiger partial charge in [-0.05, 0) is 107 Å². The maximum atomic E-state index is 14.1. The van der Waals surface area contributed by atoms with Gasteiger partial charge in [-0.2, -0.15) is 0 Å². The molecule has 2 aromatic rings. The van der Waals surface area contributed by atoms with Gasteiger partial charge in [0.25, 0.3) is 0 Å². The van der Waals surface area contributed by atoms with Crippen LogP contribution in [0.15, 0.2) is 60.5 Å². The molecule has 1 saturated heterocycles. The molecule has 0 bridgehead atoms. The van der Waals surface area contributed by atoms with Crippen molar-refractivity contribution in [2.75, 3.05) is 196 Å². The zero-order valence-electron chi connectivity index (χ0n) is 63.4. The number of halogens is 1. The van der Waals surface area contributed by atoms with Crippen molar-refractivity contribution in [2.24, 2.45) is 28.6 Å². The summed E-state index contributed by atoms with van der Waals surface area (Å²) in [6.07, 6.45) is 10.00. The number of ketones is 2. The lowest BCUT2D eigenvalue weighted by Crippen LogP contribution is -2.63. The highest BCUT2D eigenvalue weighted by Crippen LogP contribution is 2.70. The molecular weight excluding hydrogens is 1480 g/mol. The van der Waals surface area contributed by atoms with Crippen LogP contribution in [0.3, 0.4) is 0 Å². The van der Waals surface area contributed by atoms with Crippen LogP contribution >= 0.6 is 15.9 Å². The van der Waals surface area contributed by atoms with Crippen molar-refractivity contribution in [3.05, 3.63) is 77.2 Å². The highest BCUT2D eigenvalue weighted by Gasteiger charge is 2.76. The van der Waals surface area contributed by atoms with Crippen molar-refractivity contribution in [3.63, 3.8) is 0 Å². The number of Topliss-reactive ketones (excluding diaryl/α,β-unsaturated/α-hetero) is 1. The lowest BCUT2D eigenvalue weighted by molar-refractivity contribution is -0.201. The molecule has 1 aromatic carbocycles. The van der Waals surface area contributed by atoms with Crippen LogP contribution in [0.1, 0.15) is 102 Å². The monoisotopic (exact) mass is 1590 g/mol. The van der Waals surface area contributed by atoms with E-state index in [1.165, 1.54) is 13.8 Å². The largest absolute Gasteiger partial charge is 0.393 e. The number of benzene rings is 1. The number of allylic oxidation sites excluding steroid dienone is 4. The first kappa shape index (κ1) is 89.6. The SMILES string of the molecule is COCCOCCOCCOCCOCCOCCOCCOCCOCCOCCOCCOCCOCCC(=O)NCCCC[C@H](NC(=O)CBr)C(=O)N[C@@H](C)C(=O)N[C@@H](C)C(=O)Nc1ccc(Cn2ccc([C@@H]3O[C@@H]4C[C@H]5[C@@H]6CCC7=CC(=O)C=C[C@]7(C)[C@H]6[C@@H](O)C[C@]5(C)[C@]4(C(=O)CO)O3)c2)cc1CO. The van der Waals surface area contributed by atoms with E-state index in [0.29, 0.717) is 214 Å². The summed E-state index contributed by atoms with van der Waals surface area (Å²) in [4.78, 5) is 91.7. The van der Waals surface area contributed by atoms with Crippen LogP contribution in [-0.4, -0.2) is 288 Å². The Bertz CT molecular complexity index is 3140. The first-order valence-electron chi connectivity index (χ1n) is 37.8. The van der Waals surface area contributed by atoms with Crippen molar-refractivity contribution < 1.29 is 120 Å². The Morgan fingerprint density at radius 2 is 1.19 bits per heavy atom. The number of hydrogen-bond donors (Lipinski definition) is 8. The number of methoxy groups -OCH3 is 1. The van der Waals surface area contributed by atoms with Crippen molar-refractivity contribution in [1.82, 2.24) is 25.8 Å². The number of aliphatic hydroxyl groups excluding tert-OH is 3. The van der Waals surface area contributed by atoms with Crippen LogP contribution in [0, 0.1) is 28.6 Å². The van der Waals surface area contributed by atoms with Crippen LogP contribution in [0.2, 0.25) is 0 Å². The average molecular weight is 1590 g/mol. The second kappa shape index (κ2) is 48.4. The normalized spacial score (nSPS) is 23.5. The lowest BCUT2D eigenvalue weighted by atomic mass is 9.46. The molecule has 0 radical (unpaired) electrons. The first-order valence-corrected chi connectivity index (χ1v) is 38.9. The molecule has 12 atom stereocenters. The molecule has 5 aliphatic rings. The smallest absolute Gasteiger partial charge is 0.246 e. The van der Waals surface area contributed by atoms with Crippen molar-refractivity contribution in [3.8, 4) is 0 Å². The highest BCUT2D eigenvalue weighted by atomic mass is 79.9. The first-order chi connectivity index (χ1) is 52.3. The number of aromatic nitrogens is 1. The minimum atomic E-state index is -1.51. The van der Waals surface area contributed by atoms with E-state index in [9.17, 15) is 48.9 Å². The number of anilines is 1. The number of amides is 5. The number of carbonyl (C=O) groups excluding carboxylic acids is 7. The Morgan fingerprint density at radius 3 is 1.72 bits per heavy atom. The molecule has 1 aromatic heterocycles. The predicted octanol–water partition coefficient (Wildman–Crippen LogP) is 2.98. The maximum Gasteiger partial charge on any atom is 0.246 e. The summed E-state index contributed by atoms with van der Waals surface area (Å²) in [5.74, 6) is -3.24. The topological polar surface area (TPSA) is 384 Å². The number of hydrogen-bond acceptors (Lipinski definition) is 25. The van der Waals surface area contributed by atoms with Gasteiger partial charge in [0.05, 0.1) is 189 Å². The molecule has 0 spiro atoms. The molecule has 4 fully saturated rings. The fourth-order valence-corrected chi connectivity index (χ4v) is 15.0. The summed E-state index contributed by atoms with van der Waals surface area (Å²) in [6, 6.07) is 3.83. The van der Waals surface area contributed by atoms with Crippen LogP contribution in [0.25, 0.3) is 0 Å². The average Bonchev–Trinajstić information content (AvgIpc) is 1.50. The summed E-state index contributed by atoms with van der Waals surface area (Å²) in [6.45, 7) is 17.6. The second-order valence-corrected chi connectivity index (χ2v) is 28.3. The summed E-state index contributed by atoms with van der Waals surface area (Å²) in [5.41, 5.74) is 0.309. The van der Waals surface area contributed by atoms with Gasteiger partial charge in [0.2, 0.25) is 29.5 Å². The maximum absolute atomic E-state index is 14.1. The quantitative estimate of drug-likeness (QED) is 0.0348. The molecule has 5 amide bonds. The van der Waals surface area contributed by atoms with Gasteiger partial charge in [0.15, 0.2) is 23.5 Å². The Balaban J connectivity index is 0.668. The molecule has 2 heterocycles. The Morgan fingerprint density at radius 1 is 0.667 bits per heavy atom. The Kier molecular flexibility index (Phi) is 40.1. The predicted molar refractivity (Wildman–Crippen MR) is 396 cm³/mol. The summed E-state index contributed by atoms with van der Waals surface area (Å²) >= 11 is 3.11. The minimum absolute atomic E-state index is 0.0209. The van der Waals surface area contributed by atoms with Crippen molar-refractivity contribution >= 4 is 62.7 Å². The standard InChI is InChI=1S/C76H117BrN6O25/c1-53(80-72(93)63(81-68(90)48-77)8-6-7-17-78-67(89)15-19-95-22-23-97-26-27-99-30-31-101-34-35-103-38-39-105-42-43-106-41-40-104-37-36-102-33-32-100-29-28-98-25-24-96-21-20-94-5)70(91)79-54(2)71(92)82-62-12-9-55(44-57(62)51-84)49-83-18-14-56(50-83)73-107-66-46-61-60-11-10-58-45-59(86)13-16-74(58,3)69(60)64(87)47-75(61,4)76(66,108-73)65(88)52-85/h9,12-14,16,18,44-45,50,53-54,60-61,63-64,66,69,73,84-85,87H,6-8,10-11,15,17,19-43,46-49,51-52H2,1-5H3,(H,78,89)(H,79,91)(H,80,93)(H,81,90)(H,82,92)/t53-,54-,60-,61-,63-,64-,66+,69+,73+,74-,75-,76+/m0/s1. The van der Waals surface area contributed by atoms with E-state index in [-0.39, 0.29) is 60.6 Å². The van der Waals surface area contributed by atoms with E-state index >= 15 is 0 Å². The fourth-order valence-electron chi connectivity index (χ4n) is 14.9. The molecule has 7 rings (SSSR count). The lowest BCUT2D eigenvalue weighted by Gasteiger charge is -2.59. The van der Waals surface area contributed by atoms with Gasteiger partial charge in [-0.25, -0.2) is 0 Å².